The van der Waals surface area contributed by atoms with Crippen LogP contribution >= 0.6 is 0 Å². The summed E-state index contributed by atoms with van der Waals surface area (Å²) in [6.07, 6.45) is -4.47. The number of esters is 1. The third kappa shape index (κ3) is 5.36. The number of nitrogens with two attached hydrogens (primary N) is 1. The van der Waals surface area contributed by atoms with Gasteiger partial charge in [0.15, 0.2) is 6.61 Å². The third-order valence-electron chi connectivity index (χ3n) is 0.563. The van der Waals surface area contributed by atoms with Gasteiger partial charge in [0.05, 0.1) is 6.54 Å². The van der Waals surface area contributed by atoms with Crippen molar-refractivity contribution in [2.24, 2.45) is 5.73 Å². The first-order valence-electron chi connectivity index (χ1n) is 2.38. The minimum absolute atomic E-state index is 0.532. The smallest absolute Gasteiger partial charge is 0.422 e. The molecule has 0 atom stereocenters. The van der Waals surface area contributed by atoms with E-state index < -0.39 is 25.3 Å². The second kappa shape index (κ2) is 3.40. The Morgan fingerprint density at radius 3 is 2.30 bits per heavy atom. The molecule has 3 nitrogen and oxygen atoms in total. The molecule has 0 rings (SSSR count). The molecule has 0 bridgehead atoms. The third-order valence-corrected chi connectivity index (χ3v) is 0.563. The molecule has 0 aromatic rings. The van der Waals surface area contributed by atoms with Crippen molar-refractivity contribution in [1.82, 2.24) is 0 Å². The highest BCUT2D eigenvalue weighted by Crippen LogP contribution is 2.14. The van der Waals surface area contributed by atoms with Crippen molar-refractivity contribution in [2.75, 3.05) is 13.2 Å². The molecule has 6 heteroatoms. The Morgan fingerprint density at radius 1 is 1.50 bits per heavy atom. The van der Waals surface area contributed by atoms with Crippen molar-refractivity contribution < 1.29 is 22.7 Å². The van der Waals surface area contributed by atoms with Crippen molar-refractivity contribution in [3.05, 3.63) is 0 Å². The van der Waals surface area contributed by atoms with Gasteiger partial charge in [-0.25, -0.2) is 0 Å². The molecule has 0 aromatic heterocycles. The molecule has 0 saturated carbocycles. The van der Waals surface area contributed by atoms with E-state index in [0.29, 0.717) is 0 Å². The van der Waals surface area contributed by atoms with Crippen LogP contribution in [0.1, 0.15) is 0 Å². The second-order valence-corrected chi connectivity index (χ2v) is 1.48. The van der Waals surface area contributed by atoms with Gasteiger partial charge in [-0.2, -0.15) is 13.2 Å². The van der Waals surface area contributed by atoms with Gasteiger partial charge in [0, 0.05) is 0 Å². The van der Waals surface area contributed by atoms with Crippen LogP contribution in [0.2, 0.25) is 0 Å². The van der Waals surface area contributed by atoms with Gasteiger partial charge in [0.1, 0.15) is 0 Å². The van der Waals surface area contributed by atoms with E-state index in [2.05, 4.69) is 10.5 Å². The average molecular weight is 157 g/mol. The van der Waals surface area contributed by atoms with Gasteiger partial charge >= 0.3 is 12.1 Å². The van der Waals surface area contributed by atoms with Crippen molar-refractivity contribution in [3.63, 3.8) is 0 Å². The van der Waals surface area contributed by atoms with Gasteiger partial charge in [-0.05, 0) is 0 Å². The molecule has 0 aliphatic carbocycles. The summed E-state index contributed by atoms with van der Waals surface area (Å²) in [5.41, 5.74) is 4.66. The van der Waals surface area contributed by atoms with Crippen LogP contribution in [0.15, 0.2) is 0 Å². The van der Waals surface area contributed by atoms with Gasteiger partial charge in [0.25, 0.3) is 0 Å². The first kappa shape index (κ1) is 9.22. The molecule has 0 aliphatic rings. The van der Waals surface area contributed by atoms with Crippen LogP contribution in [0.4, 0.5) is 13.2 Å². The van der Waals surface area contributed by atoms with Crippen molar-refractivity contribution >= 4 is 5.97 Å². The van der Waals surface area contributed by atoms with Crippen LogP contribution in [0.5, 0.6) is 0 Å². The molecular weight excluding hydrogens is 151 g/mol. The molecule has 0 heterocycles. The van der Waals surface area contributed by atoms with E-state index in [1.165, 1.54) is 0 Å². The summed E-state index contributed by atoms with van der Waals surface area (Å²) in [4.78, 5) is 10.0. The molecule has 60 valence electrons. The summed E-state index contributed by atoms with van der Waals surface area (Å²) in [6.45, 7) is -2.10. The van der Waals surface area contributed by atoms with Crippen molar-refractivity contribution in [2.45, 2.75) is 6.18 Å². The lowest BCUT2D eigenvalue weighted by Crippen LogP contribution is -2.24. The number of hydrogen-bond acceptors (Lipinski definition) is 3. The van der Waals surface area contributed by atoms with Crippen LogP contribution in [-0.4, -0.2) is 25.3 Å². The summed E-state index contributed by atoms with van der Waals surface area (Å²) in [5, 5.41) is 0. The van der Waals surface area contributed by atoms with Crippen molar-refractivity contribution in [1.29, 1.82) is 0 Å². The number of alkyl halides is 3. The van der Waals surface area contributed by atoms with Gasteiger partial charge in [0.2, 0.25) is 0 Å². The van der Waals surface area contributed by atoms with Gasteiger partial charge in [-0.3, -0.25) is 4.79 Å². The van der Waals surface area contributed by atoms with Gasteiger partial charge < -0.3 is 10.5 Å². The Labute approximate surface area is 54.9 Å². The highest BCUT2D eigenvalue weighted by atomic mass is 19.4. The molecule has 0 amide bonds. The molecule has 10 heavy (non-hydrogen) atoms. The lowest BCUT2D eigenvalue weighted by molar-refractivity contribution is -0.185. The fraction of sp³-hybridized carbons (Fsp3) is 0.750. The Bertz CT molecular complexity index is 122. The number of halogens is 3. The second-order valence-electron chi connectivity index (χ2n) is 1.48. The van der Waals surface area contributed by atoms with E-state index in [1.54, 1.807) is 0 Å². The number of rotatable bonds is 2. The maximum atomic E-state index is 11.2. The standard InChI is InChI=1S/C4H6F3NO2/c5-4(6,7)2-10-3(9)1-8/h1-2,8H2. The zero-order valence-electron chi connectivity index (χ0n) is 4.94. The highest BCUT2D eigenvalue weighted by molar-refractivity contribution is 5.71. The lowest BCUT2D eigenvalue weighted by atomic mass is 10.6. The Kier molecular flexibility index (Phi) is 3.14. The van der Waals surface area contributed by atoms with Crippen LogP contribution in [0.25, 0.3) is 0 Å². The van der Waals surface area contributed by atoms with Gasteiger partial charge in [-0.15, -0.1) is 0 Å². The highest BCUT2D eigenvalue weighted by Gasteiger charge is 2.29. The largest absolute Gasteiger partial charge is 0.455 e. The molecule has 2 N–H and O–H groups in total. The summed E-state index contributed by atoms with van der Waals surface area (Å²) >= 11 is 0. The first-order valence-corrected chi connectivity index (χ1v) is 2.38. The van der Waals surface area contributed by atoms with Crippen LogP contribution in [-0.2, 0) is 9.53 Å². The quantitative estimate of drug-likeness (QED) is 0.576. The Hall–Kier alpha value is -0.780. The van der Waals surface area contributed by atoms with Crippen LogP contribution in [0.3, 0.4) is 0 Å². The number of ether oxygens (including phenoxy) is 1. The monoisotopic (exact) mass is 157 g/mol. The topological polar surface area (TPSA) is 52.3 Å². The fourth-order valence-electron chi connectivity index (χ4n) is 0.221. The maximum Gasteiger partial charge on any atom is 0.422 e. The summed E-state index contributed by atoms with van der Waals surface area (Å²) in [5.74, 6) is -1.06. The van der Waals surface area contributed by atoms with E-state index in [9.17, 15) is 18.0 Å². The molecule has 0 aliphatic heterocycles. The number of carbonyl (C=O) groups excluding carboxylic acids is 1. The lowest BCUT2D eigenvalue weighted by Gasteiger charge is -2.05. The summed E-state index contributed by atoms with van der Waals surface area (Å²) in [6, 6.07) is 0. The predicted molar refractivity (Wildman–Crippen MR) is 26.1 cm³/mol. The van der Waals surface area contributed by atoms with Crippen LogP contribution < -0.4 is 5.73 Å². The van der Waals surface area contributed by atoms with E-state index in [0.717, 1.165) is 0 Å². The molecule has 0 fully saturated rings. The summed E-state index contributed by atoms with van der Waals surface area (Å²) in [7, 11) is 0. The predicted octanol–water partition coefficient (Wildman–Crippen LogP) is 0.0506. The van der Waals surface area contributed by atoms with E-state index in [4.69, 9.17) is 0 Å². The summed E-state index contributed by atoms with van der Waals surface area (Å²) < 4.78 is 37.4. The minimum atomic E-state index is -4.47. The fourth-order valence-corrected chi connectivity index (χ4v) is 0.221. The Balaban J connectivity index is 3.46. The molecular formula is C4H6F3NO2. The minimum Gasteiger partial charge on any atom is -0.455 e. The maximum absolute atomic E-state index is 11.2. The number of carbonyl (C=O) groups is 1. The zero-order chi connectivity index (χ0) is 8.20. The van der Waals surface area contributed by atoms with Crippen molar-refractivity contribution in [3.8, 4) is 0 Å². The molecule has 0 spiro atoms. The molecule has 0 radical (unpaired) electrons. The van der Waals surface area contributed by atoms with E-state index >= 15 is 0 Å². The normalized spacial score (nSPS) is 11.2. The van der Waals surface area contributed by atoms with Gasteiger partial charge in [-0.1, -0.05) is 0 Å². The molecule has 0 saturated heterocycles. The van der Waals surface area contributed by atoms with E-state index in [1.807, 2.05) is 0 Å². The SMILES string of the molecule is NCC(=O)OCC(F)(F)F. The molecule has 0 aromatic carbocycles. The van der Waals surface area contributed by atoms with E-state index in [-0.39, 0.29) is 0 Å². The zero-order valence-corrected chi connectivity index (χ0v) is 4.94. The number of hydrogen-bond donors (Lipinski definition) is 1. The van der Waals surface area contributed by atoms with Crippen LogP contribution in [0, 0.1) is 0 Å². The molecule has 0 unspecified atom stereocenters. The average Bonchev–Trinajstić information content (AvgIpc) is 1.81. The Morgan fingerprint density at radius 2 is 2.00 bits per heavy atom. The first-order chi connectivity index (χ1) is 4.45.